The molecular weight excluding hydrogens is 422 g/mol. The molecular formula is C15H30IN6P+2. The molecule has 1 N–H and O–H groups in total. The van der Waals surface area contributed by atoms with Crippen LogP contribution in [-0.4, -0.2) is 42.6 Å². The van der Waals surface area contributed by atoms with Crippen molar-refractivity contribution in [3.63, 3.8) is 0 Å². The molecule has 1 rings (SSSR count). The number of anilines is 1. The van der Waals surface area contributed by atoms with Gasteiger partial charge in [0.05, 0.1) is 5.69 Å². The highest BCUT2D eigenvalue weighted by Gasteiger charge is 2.61. The first kappa shape index (κ1) is 22.4. The number of halogens is 1. The Morgan fingerprint density at radius 2 is 1.39 bits per heavy atom. The fourth-order valence-corrected chi connectivity index (χ4v) is 6.34. The largest absolute Gasteiger partial charge is 0.472 e. The second-order valence-corrected chi connectivity index (χ2v) is 7.85. The Labute approximate surface area is 158 Å². The Balaban J connectivity index is 0.00000484. The summed E-state index contributed by atoms with van der Waals surface area (Å²) in [5, 5.41) is 0. The van der Waals surface area contributed by atoms with E-state index in [2.05, 4.69) is 70.7 Å². The van der Waals surface area contributed by atoms with E-state index in [0.29, 0.717) is 0 Å². The molecule has 6 nitrogen and oxygen atoms in total. The molecule has 0 radical (unpaired) electrons. The average molecular weight is 452 g/mol. The van der Waals surface area contributed by atoms with Gasteiger partial charge in [-0.25, -0.2) is 0 Å². The first-order valence-electron chi connectivity index (χ1n) is 7.90. The predicted octanol–water partition coefficient (Wildman–Crippen LogP) is 4.65. The maximum atomic E-state index is 7.41. The fraction of sp³-hybridized carbons (Fsp3) is 0.600. The molecule has 0 unspecified atom stereocenters. The van der Waals surface area contributed by atoms with Crippen LogP contribution in [-0.2, 0) is 0 Å². The summed E-state index contributed by atoms with van der Waals surface area (Å²) in [5.74, 6) is 0. The summed E-state index contributed by atoms with van der Waals surface area (Å²) in [7, 11) is -0.195. The SMILES string of the molecule is CCN(CC)[P+](N=[N+]=N)(N(CC)CC)N(C)c1ccccc1.I. The van der Waals surface area contributed by atoms with Gasteiger partial charge in [0.2, 0.25) is 0 Å². The molecule has 0 fully saturated rings. The van der Waals surface area contributed by atoms with Gasteiger partial charge in [-0.3, -0.25) is 0 Å². The number of hydrogen-bond acceptors (Lipinski definition) is 5. The first-order chi connectivity index (χ1) is 10.6. The van der Waals surface area contributed by atoms with Crippen LogP contribution in [0.15, 0.2) is 35.2 Å². The molecule has 130 valence electrons. The van der Waals surface area contributed by atoms with E-state index in [1.807, 2.05) is 18.2 Å². The summed E-state index contributed by atoms with van der Waals surface area (Å²) in [6.45, 7) is 12.0. The maximum absolute atomic E-state index is 7.41. The second-order valence-electron chi connectivity index (χ2n) is 4.86. The monoisotopic (exact) mass is 452 g/mol. The van der Waals surface area contributed by atoms with Crippen molar-refractivity contribution in [2.45, 2.75) is 27.7 Å². The molecule has 1 aromatic rings. The van der Waals surface area contributed by atoms with Gasteiger partial charge in [0.15, 0.2) is 0 Å². The van der Waals surface area contributed by atoms with Crippen LogP contribution < -0.4 is 9.58 Å². The molecule has 0 aliphatic heterocycles. The van der Waals surface area contributed by atoms with Gasteiger partial charge in [-0.05, 0) is 39.8 Å². The molecule has 23 heavy (non-hydrogen) atoms. The first-order valence-corrected chi connectivity index (χ1v) is 9.50. The van der Waals surface area contributed by atoms with Gasteiger partial charge in [-0.1, -0.05) is 18.2 Å². The van der Waals surface area contributed by atoms with Crippen molar-refractivity contribution >= 4 is 37.5 Å². The zero-order valence-corrected chi connectivity index (χ0v) is 18.0. The predicted molar refractivity (Wildman–Crippen MR) is 110 cm³/mol. The number of rotatable bonds is 9. The van der Waals surface area contributed by atoms with Gasteiger partial charge >= 0.3 is 12.8 Å². The lowest BCUT2D eigenvalue weighted by Gasteiger charge is -2.37. The second kappa shape index (κ2) is 11.0. The van der Waals surface area contributed by atoms with E-state index in [1.54, 1.807) is 0 Å². The molecule has 0 aromatic heterocycles. The summed E-state index contributed by atoms with van der Waals surface area (Å²) in [6.07, 6.45) is 0. The summed E-state index contributed by atoms with van der Waals surface area (Å²) in [5.41, 5.74) is 8.51. The normalized spacial score (nSPS) is 11.1. The molecule has 0 aliphatic carbocycles. The van der Waals surface area contributed by atoms with Crippen molar-refractivity contribution in [2.24, 2.45) is 4.88 Å². The number of para-hydroxylation sites is 1. The van der Waals surface area contributed by atoms with E-state index in [1.165, 1.54) is 0 Å². The van der Waals surface area contributed by atoms with Crippen LogP contribution in [0.5, 0.6) is 0 Å². The Kier molecular flexibility index (Phi) is 10.8. The lowest BCUT2D eigenvalue weighted by atomic mass is 10.3. The third kappa shape index (κ3) is 4.70. The van der Waals surface area contributed by atoms with Crippen LogP contribution in [0.1, 0.15) is 27.7 Å². The highest BCUT2D eigenvalue weighted by Crippen LogP contribution is 2.68. The molecule has 0 amide bonds. The van der Waals surface area contributed by atoms with Gasteiger partial charge in [-0.2, -0.15) is 4.67 Å². The summed E-state index contributed by atoms with van der Waals surface area (Å²) < 4.78 is 6.89. The van der Waals surface area contributed by atoms with Crippen molar-refractivity contribution in [3.05, 3.63) is 30.3 Å². The molecule has 0 saturated carbocycles. The Morgan fingerprint density at radius 1 is 0.957 bits per heavy atom. The van der Waals surface area contributed by atoms with E-state index in [0.717, 1.165) is 31.9 Å². The number of hydrogen-bond donors (Lipinski definition) is 1. The van der Waals surface area contributed by atoms with Crippen molar-refractivity contribution in [2.75, 3.05) is 37.9 Å². The molecule has 0 bridgehead atoms. The van der Waals surface area contributed by atoms with Crippen molar-refractivity contribution in [1.29, 1.82) is 5.53 Å². The highest BCUT2D eigenvalue weighted by atomic mass is 127. The van der Waals surface area contributed by atoms with E-state index >= 15 is 0 Å². The number of nitrogens with one attached hydrogen (secondary N) is 1. The minimum atomic E-state index is -2.26. The zero-order valence-electron chi connectivity index (χ0n) is 14.8. The molecule has 0 aliphatic rings. The Hall–Kier alpha value is -0.590. The number of nitrogens with zero attached hydrogens (tertiary/aromatic N) is 5. The quantitative estimate of drug-likeness (QED) is 0.257. The van der Waals surface area contributed by atoms with Gasteiger partial charge < -0.3 is 0 Å². The van der Waals surface area contributed by atoms with Crippen LogP contribution >= 0.6 is 31.8 Å². The van der Waals surface area contributed by atoms with Crippen LogP contribution in [0.3, 0.4) is 0 Å². The summed E-state index contributed by atoms with van der Waals surface area (Å²) >= 11 is 0. The Bertz CT molecular complexity index is 474. The molecule has 0 heterocycles. The Morgan fingerprint density at radius 3 is 1.74 bits per heavy atom. The maximum Gasteiger partial charge on any atom is 0.472 e. The van der Waals surface area contributed by atoms with Crippen molar-refractivity contribution in [1.82, 2.24) is 14.3 Å². The van der Waals surface area contributed by atoms with Crippen molar-refractivity contribution in [3.8, 4) is 0 Å². The van der Waals surface area contributed by atoms with Gasteiger partial charge in [0.1, 0.15) is 5.53 Å². The fourth-order valence-electron chi connectivity index (χ4n) is 2.80. The smallest absolute Gasteiger partial charge is 0.194 e. The third-order valence-electron chi connectivity index (χ3n) is 3.92. The van der Waals surface area contributed by atoms with E-state index in [9.17, 15) is 0 Å². The van der Waals surface area contributed by atoms with Crippen LogP contribution in [0, 0.1) is 5.53 Å². The third-order valence-corrected chi connectivity index (χ3v) is 7.93. The molecule has 1 aromatic carbocycles. The van der Waals surface area contributed by atoms with Gasteiger partial charge in [0.25, 0.3) is 4.91 Å². The lowest BCUT2D eigenvalue weighted by molar-refractivity contribution is 0.400. The zero-order chi connectivity index (χ0) is 16.6. The van der Waals surface area contributed by atoms with Crippen LogP contribution in [0.25, 0.3) is 0 Å². The molecule has 0 saturated heterocycles. The summed E-state index contributed by atoms with van der Waals surface area (Å²) in [6, 6.07) is 10.2. The minimum absolute atomic E-state index is 0. The molecule has 0 atom stereocenters. The topological polar surface area (TPSA) is 60.0 Å². The molecule has 0 spiro atoms. The molecule has 8 heteroatoms. The van der Waals surface area contributed by atoms with Gasteiger partial charge in [-0.15, -0.1) is 33.3 Å². The van der Waals surface area contributed by atoms with Crippen LogP contribution in [0.4, 0.5) is 5.69 Å². The average Bonchev–Trinajstić information content (AvgIpc) is 2.56. The highest BCUT2D eigenvalue weighted by molar-refractivity contribution is 14.0. The van der Waals surface area contributed by atoms with Crippen LogP contribution in [0.2, 0.25) is 0 Å². The summed E-state index contributed by atoms with van der Waals surface area (Å²) in [4.78, 5) is 7.98. The van der Waals surface area contributed by atoms with E-state index in [4.69, 9.17) is 5.53 Å². The number of benzene rings is 1. The lowest BCUT2D eigenvalue weighted by Crippen LogP contribution is -2.43. The van der Waals surface area contributed by atoms with E-state index < -0.39 is 7.87 Å². The van der Waals surface area contributed by atoms with Gasteiger partial charge in [0, 0.05) is 33.2 Å². The minimum Gasteiger partial charge on any atom is -0.194 e. The van der Waals surface area contributed by atoms with Crippen molar-refractivity contribution < 1.29 is 0 Å². The standard InChI is InChI=1S/C15H29N6P.HI/c1-6-20(7-2)22(18-17-16,21(8-3)9-4)19(5)15-13-11-10-12-14-15;/h10-14,16H,6-9H2,1-5H3;1H/q+2;. The van der Waals surface area contributed by atoms with E-state index in [-0.39, 0.29) is 24.0 Å².